The van der Waals surface area contributed by atoms with Gasteiger partial charge in [0, 0.05) is 32.3 Å². The van der Waals surface area contributed by atoms with Crippen LogP contribution in [0.15, 0.2) is 24.3 Å². The first kappa shape index (κ1) is 13.2. The Kier molecular flexibility index (Phi) is 4.50. The summed E-state index contributed by atoms with van der Waals surface area (Å²) in [6, 6.07) is 7.94. The van der Waals surface area contributed by atoms with Gasteiger partial charge in [-0.2, -0.15) is 0 Å². The van der Waals surface area contributed by atoms with E-state index in [4.69, 9.17) is 4.74 Å². The number of ether oxygens (including phenoxy) is 1. The number of rotatable bonds is 4. The fraction of sp³-hybridized carbons (Fsp3) is 0.533. The van der Waals surface area contributed by atoms with E-state index < -0.39 is 0 Å². The van der Waals surface area contributed by atoms with Crippen LogP contribution in [0.2, 0.25) is 0 Å². The number of piperidine rings is 1. The fourth-order valence-electron chi connectivity index (χ4n) is 2.41. The molecule has 1 heterocycles. The maximum Gasteiger partial charge on any atom is 0.159 e. The SMILES string of the molecule is COC1CCN(Cc2ccc(C(C)=O)cc2)CC1. The lowest BCUT2D eigenvalue weighted by molar-refractivity contribution is 0.0388. The van der Waals surface area contributed by atoms with Crippen molar-refractivity contribution in [1.82, 2.24) is 4.90 Å². The maximum absolute atomic E-state index is 11.2. The Bertz CT molecular complexity index is 391. The van der Waals surface area contributed by atoms with Gasteiger partial charge >= 0.3 is 0 Å². The molecule has 0 aromatic heterocycles. The van der Waals surface area contributed by atoms with Crippen molar-refractivity contribution in [2.75, 3.05) is 20.2 Å². The minimum atomic E-state index is 0.127. The van der Waals surface area contributed by atoms with Crippen molar-refractivity contribution in [3.05, 3.63) is 35.4 Å². The van der Waals surface area contributed by atoms with E-state index in [0.717, 1.165) is 38.0 Å². The molecule has 1 aromatic rings. The third-order valence-electron chi connectivity index (χ3n) is 3.63. The predicted octanol–water partition coefficient (Wildman–Crippen LogP) is 2.50. The van der Waals surface area contributed by atoms with Crippen molar-refractivity contribution in [1.29, 1.82) is 0 Å². The van der Waals surface area contributed by atoms with Gasteiger partial charge in [-0.3, -0.25) is 9.69 Å². The van der Waals surface area contributed by atoms with Crippen LogP contribution in [0.3, 0.4) is 0 Å². The van der Waals surface area contributed by atoms with Gasteiger partial charge in [-0.15, -0.1) is 0 Å². The van der Waals surface area contributed by atoms with Crippen LogP contribution in [0.5, 0.6) is 0 Å². The second-order valence-electron chi connectivity index (χ2n) is 4.96. The summed E-state index contributed by atoms with van der Waals surface area (Å²) in [5, 5.41) is 0. The molecule has 1 fully saturated rings. The molecule has 0 amide bonds. The molecule has 18 heavy (non-hydrogen) atoms. The molecule has 2 rings (SSSR count). The molecule has 0 atom stereocenters. The summed E-state index contributed by atoms with van der Waals surface area (Å²) in [5.41, 5.74) is 2.06. The smallest absolute Gasteiger partial charge is 0.159 e. The van der Waals surface area contributed by atoms with Gasteiger partial charge in [0.2, 0.25) is 0 Å². The van der Waals surface area contributed by atoms with Crippen LogP contribution in [0.4, 0.5) is 0 Å². The summed E-state index contributed by atoms with van der Waals surface area (Å²) in [5.74, 6) is 0.127. The van der Waals surface area contributed by atoms with Gasteiger partial charge in [-0.1, -0.05) is 24.3 Å². The molecule has 0 unspecified atom stereocenters. The number of likely N-dealkylation sites (tertiary alicyclic amines) is 1. The molecule has 0 spiro atoms. The van der Waals surface area contributed by atoms with E-state index in [9.17, 15) is 4.79 Å². The highest BCUT2D eigenvalue weighted by Gasteiger charge is 2.18. The molecule has 0 N–H and O–H groups in total. The number of hydrogen-bond donors (Lipinski definition) is 0. The van der Waals surface area contributed by atoms with Crippen molar-refractivity contribution < 1.29 is 9.53 Å². The highest BCUT2D eigenvalue weighted by atomic mass is 16.5. The zero-order valence-electron chi connectivity index (χ0n) is 11.2. The standard InChI is InChI=1S/C15H21NO2/c1-12(17)14-5-3-13(4-6-14)11-16-9-7-15(18-2)8-10-16/h3-6,15H,7-11H2,1-2H3. The predicted molar refractivity (Wildman–Crippen MR) is 71.8 cm³/mol. The summed E-state index contributed by atoms with van der Waals surface area (Å²) < 4.78 is 5.37. The summed E-state index contributed by atoms with van der Waals surface area (Å²) in [6.07, 6.45) is 2.66. The van der Waals surface area contributed by atoms with Crippen LogP contribution in [0, 0.1) is 0 Å². The van der Waals surface area contributed by atoms with E-state index in [2.05, 4.69) is 17.0 Å². The van der Waals surface area contributed by atoms with Crippen LogP contribution in [-0.4, -0.2) is 37.0 Å². The number of nitrogens with zero attached hydrogens (tertiary/aromatic N) is 1. The number of benzene rings is 1. The van der Waals surface area contributed by atoms with E-state index in [-0.39, 0.29) is 5.78 Å². The minimum absolute atomic E-state index is 0.127. The van der Waals surface area contributed by atoms with Gasteiger partial charge in [0.1, 0.15) is 0 Å². The third-order valence-corrected chi connectivity index (χ3v) is 3.63. The number of Topliss-reactive ketones (excluding diaryl/α,β-unsaturated/α-hetero) is 1. The Balaban J connectivity index is 1.88. The number of carbonyl (C=O) groups excluding carboxylic acids is 1. The van der Waals surface area contributed by atoms with Gasteiger partial charge in [-0.25, -0.2) is 0 Å². The minimum Gasteiger partial charge on any atom is -0.381 e. The van der Waals surface area contributed by atoms with Gasteiger partial charge in [0.25, 0.3) is 0 Å². The Morgan fingerprint density at radius 2 is 1.89 bits per heavy atom. The highest BCUT2D eigenvalue weighted by molar-refractivity contribution is 5.93. The fourth-order valence-corrected chi connectivity index (χ4v) is 2.41. The van der Waals surface area contributed by atoms with Crippen LogP contribution in [0.1, 0.15) is 35.7 Å². The Labute approximate surface area is 109 Å². The van der Waals surface area contributed by atoms with Crippen LogP contribution in [-0.2, 0) is 11.3 Å². The Hall–Kier alpha value is -1.19. The monoisotopic (exact) mass is 247 g/mol. The van der Waals surface area contributed by atoms with Crippen molar-refractivity contribution in [3.63, 3.8) is 0 Å². The van der Waals surface area contributed by atoms with Gasteiger partial charge < -0.3 is 4.74 Å². The molecule has 0 aliphatic carbocycles. The molecule has 98 valence electrons. The lowest BCUT2D eigenvalue weighted by atomic mass is 10.1. The molecular formula is C15H21NO2. The molecule has 3 heteroatoms. The first-order valence-corrected chi connectivity index (χ1v) is 6.54. The van der Waals surface area contributed by atoms with E-state index in [1.54, 1.807) is 14.0 Å². The summed E-state index contributed by atoms with van der Waals surface area (Å²) >= 11 is 0. The van der Waals surface area contributed by atoms with Gasteiger partial charge in [-0.05, 0) is 25.3 Å². The summed E-state index contributed by atoms with van der Waals surface area (Å²) in [4.78, 5) is 13.6. The van der Waals surface area contributed by atoms with E-state index in [1.165, 1.54) is 5.56 Å². The van der Waals surface area contributed by atoms with Gasteiger partial charge in [0.15, 0.2) is 5.78 Å². The van der Waals surface area contributed by atoms with E-state index in [1.807, 2.05) is 12.1 Å². The molecule has 1 aromatic carbocycles. The molecule has 0 saturated carbocycles. The first-order valence-electron chi connectivity index (χ1n) is 6.54. The lowest BCUT2D eigenvalue weighted by Crippen LogP contribution is -2.36. The van der Waals surface area contributed by atoms with Crippen LogP contribution < -0.4 is 0 Å². The average Bonchev–Trinajstić information content (AvgIpc) is 2.40. The summed E-state index contributed by atoms with van der Waals surface area (Å²) in [7, 11) is 1.79. The zero-order valence-corrected chi connectivity index (χ0v) is 11.2. The molecular weight excluding hydrogens is 226 g/mol. The molecule has 1 aliphatic heterocycles. The number of hydrogen-bond acceptors (Lipinski definition) is 3. The Morgan fingerprint density at radius 1 is 1.28 bits per heavy atom. The van der Waals surface area contributed by atoms with Crippen molar-refractivity contribution in [3.8, 4) is 0 Å². The van der Waals surface area contributed by atoms with Crippen molar-refractivity contribution >= 4 is 5.78 Å². The summed E-state index contributed by atoms with van der Waals surface area (Å²) in [6.45, 7) is 4.75. The molecule has 3 nitrogen and oxygen atoms in total. The zero-order chi connectivity index (χ0) is 13.0. The Morgan fingerprint density at radius 3 is 2.39 bits per heavy atom. The maximum atomic E-state index is 11.2. The molecule has 1 aliphatic rings. The number of ketones is 1. The lowest BCUT2D eigenvalue weighted by Gasteiger charge is -2.31. The van der Waals surface area contributed by atoms with Crippen LogP contribution >= 0.6 is 0 Å². The van der Waals surface area contributed by atoms with Crippen molar-refractivity contribution in [2.24, 2.45) is 0 Å². The van der Waals surface area contributed by atoms with E-state index in [0.29, 0.717) is 6.10 Å². The third kappa shape index (κ3) is 3.40. The molecule has 1 saturated heterocycles. The molecule has 0 radical (unpaired) electrons. The largest absolute Gasteiger partial charge is 0.381 e. The highest BCUT2D eigenvalue weighted by Crippen LogP contribution is 2.16. The second-order valence-corrected chi connectivity index (χ2v) is 4.96. The second kappa shape index (κ2) is 6.12. The van der Waals surface area contributed by atoms with Crippen molar-refractivity contribution in [2.45, 2.75) is 32.4 Å². The van der Waals surface area contributed by atoms with Gasteiger partial charge in [0.05, 0.1) is 6.10 Å². The number of methoxy groups -OCH3 is 1. The topological polar surface area (TPSA) is 29.5 Å². The average molecular weight is 247 g/mol. The first-order chi connectivity index (χ1) is 8.69. The normalized spacial score (nSPS) is 17.9. The van der Waals surface area contributed by atoms with Crippen LogP contribution in [0.25, 0.3) is 0 Å². The quantitative estimate of drug-likeness (QED) is 0.766. The molecule has 0 bridgehead atoms. The van der Waals surface area contributed by atoms with E-state index >= 15 is 0 Å². The number of carbonyl (C=O) groups is 1.